The topological polar surface area (TPSA) is 46.6 Å². The van der Waals surface area contributed by atoms with Crippen molar-refractivity contribution in [2.24, 2.45) is 0 Å². The maximum atomic E-state index is 12.1. The van der Waals surface area contributed by atoms with Crippen LogP contribution in [0.4, 0.5) is 4.79 Å². The first-order valence-corrected chi connectivity index (χ1v) is 6.35. The van der Waals surface area contributed by atoms with Gasteiger partial charge in [0, 0.05) is 6.04 Å². The van der Waals surface area contributed by atoms with E-state index in [1.54, 1.807) is 4.90 Å². The van der Waals surface area contributed by atoms with Crippen molar-refractivity contribution < 1.29 is 14.3 Å². The van der Waals surface area contributed by atoms with Crippen LogP contribution in [0.25, 0.3) is 0 Å². The Kier molecular flexibility index (Phi) is 4.54. The van der Waals surface area contributed by atoms with E-state index in [2.05, 4.69) is 6.92 Å². The molecule has 0 aromatic heterocycles. The molecule has 98 valence electrons. The first-order valence-electron chi connectivity index (χ1n) is 6.35. The summed E-state index contributed by atoms with van der Waals surface area (Å²) < 4.78 is 5.36. The molecule has 1 aliphatic heterocycles. The highest BCUT2D eigenvalue weighted by Crippen LogP contribution is 2.28. The summed E-state index contributed by atoms with van der Waals surface area (Å²) in [5.41, 5.74) is -0.510. The van der Waals surface area contributed by atoms with Crippen molar-refractivity contribution in [1.82, 2.24) is 4.90 Å². The Labute approximate surface area is 103 Å². The summed E-state index contributed by atoms with van der Waals surface area (Å²) in [6.07, 6.45) is 4.10. The largest absolute Gasteiger partial charge is 0.444 e. The van der Waals surface area contributed by atoms with E-state index in [4.69, 9.17) is 4.74 Å². The molecule has 0 N–H and O–H groups in total. The quantitative estimate of drug-likeness (QED) is 0.714. The van der Waals surface area contributed by atoms with Crippen LogP contribution in [0.5, 0.6) is 0 Å². The summed E-state index contributed by atoms with van der Waals surface area (Å²) in [5, 5.41) is 0. The lowest BCUT2D eigenvalue weighted by molar-refractivity contribution is -0.112. The molecule has 0 saturated carbocycles. The molecule has 1 saturated heterocycles. The first kappa shape index (κ1) is 14.0. The third-order valence-electron chi connectivity index (χ3n) is 2.93. The van der Waals surface area contributed by atoms with E-state index in [0.717, 1.165) is 32.0 Å². The number of likely N-dealkylation sites (tertiary alicyclic amines) is 1. The second-order valence-electron chi connectivity index (χ2n) is 5.61. The highest BCUT2D eigenvalue weighted by Gasteiger charge is 2.38. The second kappa shape index (κ2) is 5.52. The van der Waals surface area contributed by atoms with Crippen molar-refractivity contribution in [1.29, 1.82) is 0 Å². The van der Waals surface area contributed by atoms with Gasteiger partial charge in [0.05, 0.1) is 6.04 Å². The van der Waals surface area contributed by atoms with E-state index in [1.807, 2.05) is 20.8 Å². The van der Waals surface area contributed by atoms with E-state index >= 15 is 0 Å². The minimum Gasteiger partial charge on any atom is -0.444 e. The zero-order valence-corrected chi connectivity index (χ0v) is 11.2. The normalized spacial score (nSPS) is 24.8. The lowest BCUT2D eigenvalue weighted by atomic mass is 10.1. The molecule has 17 heavy (non-hydrogen) atoms. The molecule has 4 nitrogen and oxygen atoms in total. The lowest BCUT2D eigenvalue weighted by Crippen LogP contribution is -2.44. The van der Waals surface area contributed by atoms with Gasteiger partial charge in [0.1, 0.15) is 11.9 Å². The zero-order valence-electron chi connectivity index (χ0n) is 11.2. The van der Waals surface area contributed by atoms with Crippen molar-refractivity contribution in [3.8, 4) is 0 Å². The second-order valence-corrected chi connectivity index (χ2v) is 5.61. The smallest absolute Gasteiger partial charge is 0.411 e. The van der Waals surface area contributed by atoms with Gasteiger partial charge in [-0.2, -0.15) is 0 Å². The average Bonchev–Trinajstić information content (AvgIpc) is 2.58. The number of hydrogen-bond acceptors (Lipinski definition) is 3. The van der Waals surface area contributed by atoms with Gasteiger partial charge in [0.15, 0.2) is 0 Å². The predicted octanol–water partition coefficient (Wildman–Crippen LogP) is 2.75. The van der Waals surface area contributed by atoms with Crippen molar-refractivity contribution >= 4 is 12.4 Å². The summed E-state index contributed by atoms with van der Waals surface area (Å²) in [4.78, 5) is 24.7. The number of nitrogens with zero attached hydrogens (tertiary/aromatic N) is 1. The van der Waals surface area contributed by atoms with Gasteiger partial charge >= 0.3 is 6.09 Å². The van der Waals surface area contributed by atoms with Crippen LogP contribution in [0.1, 0.15) is 53.4 Å². The Bertz CT molecular complexity index is 283. The lowest BCUT2D eigenvalue weighted by Gasteiger charge is -2.30. The van der Waals surface area contributed by atoms with E-state index in [-0.39, 0.29) is 18.2 Å². The SMILES string of the molecule is CCC[C@@H]1CC[C@H](C=O)N1C(=O)OC(C)(C)C. The van der Waals surface area contributed by atoms with Crippen LogP contribution in [0.15, 0.2) is 0 Å². The highest BCUT2D eigenvalue weighted by atomic mass is 16.6. The van der Waals surface area contributed by atoms with Gasteiger partial charge < -0.3 is 9.53 Å². The summed E-state index contributed by atoms with van der Waals surface area (Å²) in [6.45, 7) is 7.60. The Hall–Kier alpha value is -1.06. The van der Waals surface area contributed by atoms with E-state index in [0.29, 0.717) is 0 Å². The number of rotatable bonds is 3. The number of carbonyl (C=O) groups excluding carboxylic acids is 2. The molecule has 4 heteroatoms. The third kappa shape index (κ3) is 3.72. The van der Waals surface area contributed by atoms with Gasteiger partial charge in [-0.05, 0) is 40.0 Å². The molecule has 0 radical (unpaired) electrons. The fourth-order valence-electron chi connectivity index (χ4n) is 2.26. The van der Waals surface area contributed by atoms with Crippen LogP contribution < -0.4 is 0 Å². The van der Waals surface area contributed by atoms with Crippen LogP contribution >= 0.6 is 0 Å². The minimum absolute atomic E-state index is 0.157. The Morgan fingerprint density at radius 2 is 2.06 bits per heavy atom. The number of ether oxygens (including phenoxy) is 1. The van der Waals surface area contributed by atoms with E-state index < -0.39 is 5.60 Å². The Balaban J connectivity index is 2.74. The molecule has 2 atom stereocenters. The minimum atomic E-state index is -0.510. The number of carbonyl (C=O) groups is 2. The Morgan fingerprint density at radius 3 is 2.53 bits per heavy atom. The number of aldehydes is 1. The molecule has 1 rings (SSSR count). The fourth-order valence-corrected chi connectivity index (χ4v) is 2.26. The summed E-state index contributed by atoms with van der Waals surface area (Å²) in [6, 6.07) is -0.147. The van der Waals surface area contributed by atoms with Gasteiger partial charge in [-0.3, -0.25) is 4.90 Å². The molecule has 1 heterocycles. The van der Waals surface area contributed by atoms with E-state index in [9.17, 15) is 9.59 Å². The highest BCUT2D eigenvalue weighted by molar-refractivity contribution is 5.75. The van der Waals surface area contributed by atoms with Crippen molar-refractivity contribution in [2.45, 2.75) is 71.1 Å². The molecular weight excluding hydrogens is 218 g/mol. The maximum absolute atomic E-state index is 12.1. The maximum Gasteiger partial charge on any atom is 0.411 e. The molecular formula is C13H23NO3. The monoisotopic (exact) mass is 241 g/mol. The molecule has 0 aromatic rings. The third-order valence-corrected chi connectivity index (χ3v) is 2.93. The van der Waals surface area contributed by atoms with Crippen molar-refractivity contribution in [3.63, 3.8) is 0 Å². The van der Waals surface area contributed by atoms with Crippen molar-refractivity contribution in [2.75, 3.05) is 0 Å². The summed E-state index contributed by atoms with van der Waals surface area (Å²) in [5.74, 6) is 0. The zero-order chi connectivity index (χ0) is 13.1. The standard InChI is InChI=1S/C13H23NO3/c1-5-6-10-7-8-11(9-15)14(10)12(16)17-13(2,3)4/h9-11H,5-8H2,1-4H3/t10-,11-/m1/s1. The summed E-state index contributed by atoms with van der Waals surface area (Å²) >= 11 is 0. The van der Waals surface area contributed by atoms with Crippen molar-refractivity contribution in [3.05, 3.63) is 0 Å². The van der Waals surface area contributed by atoms with Gasteiger partial charge in [0.25, 0.3) is 0 Å². The molecule has 1 fully saturated rings. The molecule has 0 aliphatic carbocycles. The molecule has 1 aliphatic rings. The van der Waals surface area contributed by atoms with Gasteiger partial charge in [-0.25, -0.2) is 4.79 Å². The van der Waals surface area contributed by atoms with E-state index in [1.165, 1.54) is 0 Å². The van der Waals surface area contributed by atoms with Crippen LogP contribution in [0, 0.1) is 0 Å². The molecule has 1 amide bonds. The van der Waals surface area contributed by atoms with Crippen LogP contribution in [-0.2, 0) is 9.53 Å². The Morgan fingerprint density at radius 1 is 1.41 bits per heavy atom. The number of hydrogen-bond donors (Lipinski definition) is 0. The average molecular weight is 241 g/mol. The molecule has 0 spiro atoms. The van der Waals surface area contributed by atoms with Crippen LogP contribution in [-0.4, -0.2) is 35.0 Å². The number of amides is 1. The molecule has 0 aromatic carbocycles. The van der Waals surface area contributed by atoms with Gasteiger partial charge in [0.2, 0.25) is 0 Å². The van der Waals surface area contributed by atoms with Gasteiger partial charge in [-0.1, -0.05) is 13.3 Å². The fraction of sp³-hybridized carbons (Fsp3) is 0.846. The summed E-state index contributed by atoms with van der Waals surface area (Å²) in [7, 11) is 0. The van der Waals surface area contributed by atoms with Crippen LogP contribution in [0.3, 0.4) is 0 Å². The van der Waals surface area contributed by atoms with Gasteiger partial charge in [-0.15, -0.1) is 0 Å². The molecule has 0 unspecified atom stereocenters. The van der Waals surface area contributed by atoms with Crippen LogP contribution in [0.2, 0.25) is 0 Å². The predicted molar refractivity (Wildman–Crippen MR) is 65.9 cm³/mol. The molecule has 0 bridgehead atoms. The first-order chi connectivity index (χ1) is 7.89.